The summed E-state index contributed by atoms with van der Waals surface area (Å²) in [6.07, 6.45) is 2.01. The molecule has 0 bridgehead atoms. The zero-order valence-electron chi connectivity index (χ0n) is 48.3. The van der Waals surface area contributed by atoms with E-state index < -0.39 is 132 Å². The van der Waals surface area contributed by atoms with Crippen LogP contribution in [0.2, 0.25) is 0 Å². The lowest BCUT2D eigenvalue weighted by molar-refractivity contribution is -0.156. The van der Waals surface area contributed by atoms with Gasteiger partial charge in [-0.05, 0) is 95.3 Å². The fourth-order valence-corrected chi connectivity index (χ4v) is 8.72. The Morgan fingerprint density at radius 1 is 0.527 bits per heavy atom. The minimum Gasteiger partial charge on any atom is -0.467 e. The fourth-order valence-electron chi connectivity index (χ4n) is 8.72. The Bertz CT molecular complexity index is 1890. The average molecular weight is 1050 g/mol. The van der Waals surface area contributed by atoms with Gasteiger partial charge in [0, 0.05) is 28.2 Å². The second-order valence-electron chi connectivity index (χ2n) is 22.1. The van der Waals surface area contributed by atoms with Gasteiger partial charge in [-0.2, -0.15) is 0 Å². The highest BCUT2D eigenvalue weighted by atomic mass is 16.5. The van der Waals surface area contributed by atoms with Crippen LogP contribution < -0.4 is 27.0 Å². The Hall–Kier alpha value is -5.15. The van der Waals surface area contributed by atoms with E-state index in [0.717, 1.165) is 12.0 Å². The van der Waals surface area contributed by atoms with Crippen LogP contribution in [0.4, 0.5) is 0 Å². The van der Waals surface area contributed by atoms with E-state index in [1.807, 2.05) is 55.4 Å². The standard InChI is InChI=1S/C53H97N9O12/c1-21-22-23-33(12)44(64)43(48(68)58-41(36(15)63)53(73)74-20)62(19)52(72)42(32(10)11)61(18)51(71)38(25-29(4)5)57-47(67)40(27-31(8)9)59(16)49(69)35(14)56-45(65)34(13)55-46(66)39(26-30(6)7)60(17)50(70)37(54)24-28(2)3/h21-22,28-44,63-64H,23-27,54H2,1-20H3,(H,55,66)(H,56,65)(H,57,67)(H,58,68)/b22-21+/t33-,34+,35-,36-,37+,38+,39+,40+,41+,42+,43+,44-/m1/s1. The first-order valence-corrected chi connectivity index (χ1v) is 26.2. The largest absolute Gasteiger partial charge is 0.467 e. The SMILES string of the molecule is C/C=C/C[C@@H](C)[C@@H](O)[C@@H](C(=O)N[C@H](C(=O)OC)[C@@H](C)O)N(C)C(=O)[C@H](C(C)C)N(C)C(=O)[C@H](CC(C)C)NC(=O)[C@H](CC(C)C)N(C)C(=O)[C@@H](C)NC(=O)[C@H](C)NC(=O)[C@H](CC(C)C)N(C)C(=O)[C@@H](N)CC(C)C. The quantitative estimate of drug-likeness (QED) is 0.0387. The molecule has 0 spiro atoms. The van der Waals surface area contributed by atoms with Crippen molar-refractivity contribution in [2.24, 2.45) is 41.2 Å². The van der Waals surface area contributed by atoms with Crippen molar-refractivity contribution in [1.82, 2.24) is 40.9 Å². The van der Waals surface area contributed by atoms with Gasteiger partial charge in [-0.25, -0.2) is 4.79 Å². The number of nitrogens with one attached hydrogen (secondary N) is 4. The number of hydrogen-bond donors (Lipinski definition) is 7. The van der Waals surface area contributed by atoms with Crippen molar-refractivity contribution in [3.8, 4) is 0 Å². The molecule has 0 saturated carbocycles. The lowest BCUT2D eigenvalue weighted by Crippen LogP contribution is -2.63. The molecule has 0 radical (unpaired) electrons. The van der Waals surface area contributed by atoms with E-state index in [1.54, 1.807) is 39.8 Å². The Balaban J connectivity index is 6.75. The number of methoxy groups -OCH3 is 1. The van der Waals surface area contributed by atoms with Crippen molar-refractivity contribution in [3.05, 3.63) is 12.2 Å². The molecule has 0 fully saturated rings. The second-order valence-corrected chi connectivity index (χ2v) is 22.1. The predicted molar refractivity (Wildman–Crippen MR) is 284 cm³/mol. The summed E-state index contributed by atoms with van der Waals surface area (Å²) in [4.78, 5) is 130. The second kappa shape index (κ2) is 32.3. The third-order valence-corrected chi connectivity index (χ3v) is 13.0. The molecule has 12 atom stereocenters. The minimum absolute atomic E-state index is 0.0135. The maximum atomic E-state index is 14.7. The highest BCUT2D eigenvalue weighted by molar-refractivity contribution is 5.98. The van der Waals surface area contributed by atoms with Crippen LogP contribution in [0.15, 0.2) is 12.2 Å². The Morgan fingerprint density at radius 2 is 0.973 bits per heavy atom. The van der Waals surface area contributed by atoms with Gasteiger partial charge in [0.25, 0.3) is 0 Å². The van der Waals surface area contributed by atoms with Gasteiger partial charge in [0.1, 0.15) is 42.3 Å². The normalized spacial score (nSPS) is 16.7. The molecular formula is C53H97N9O12. The topological polar surface area (TPSA) is 290 Å². The number of rotatable bonds is 31. The fraction of sp³-hybridized carbons (Fsp3) is 0.792. The number of nitrogens with zero attached hydrogens (tertiary/aromatic N) is 4. The molecule has 21 heteroatoms. The van der Waals surface area contributed by atoms with Crippen molar-refractivity contribution in [1.29, 1.82) is 0 Å². The minimum atomic E-state index is -1.60. The van der Waals surface area contributed by atoms with Crippen LogP contribution in [0, 0.1) is 35.5 Å². The summed E-state index contributed by atoms with van der Waals surface area (Å²) in [6, 6.07) is -10.7. The maximum absolute atomic E-state index is 14.7. The number of carbonyl (C=O) groups is 9. The average Bonchev–Trinajstić information content (AvgIpc) is 3.30. The lowest BCUT2D eigenvalue weighted by atomic mass is 9.91. The molecule has 0 unspecified atom stereocenters. The van der Waals surface area contributed by atoms with E-state index in [1.165, 1.54) is 63.7 Å². The zero-order valence-corrected chi connectivity index (χ0v) is 48.3. The van der Waals surface area contributed by atoms with Gasteiger partial charge in [-0.1, -0.05) is 88.3 Å². The van der Waals surface area contributed by atoms with Gasteiger partial charge in [-0.15, -0.1) is 0 Å². The van der Waals surface area contributed by atoms with Crippen LogP contribution in [0.5, 0.6) is 0 Å². The molecule has 0 aliphatic carbocycles. The van der Waals surface area contributed by atoms with Crippen LogP contribution in [0.1, 0.15) is 136 Å². The summed E-state index contributed by atoms with van der Waals surface area (Å²) >= 11 is 0. The summed E-state index contributed by atoms with van der Waals surface area (Å²) in [5.74, 6) is -7.51. The predicted octanol–water partition coefficient (Wildman–Crippen LogP) is 1.96. The summed E-state index contributed by atoms with van der Waals surface area (Å²) in [5, 5.41) is 32.6. The molecule has 0 heterocycles. The number of hydrogen-bond acceptors (Lipinski definition) is 13. The van der Waals surface area contributed by atoms with Crippen LogP contribution in [0.3, 0.4) is 0 Å². The monoisotopic (exact) mass is 1050 g/mol. The smallest absolute Gasteiger partial charge is 0.331 e. The summed E-state index contributed by atoms with van der Waals surface area (Å²) < 4.78 is 4.77. The number of nitrogens with two attached hydrogens (primary N) is 1. The van der Waals surface area contributed by atoms with Crippen LogP contribution in [-0.4, -0.2) is 185 Å². The molecular weight excluding hydrogens is 955 g/mol. The molecule has 426 valence electrons. The number of allylic oxidation sites excluding steroid dienone is 2. The first kappa shape index (κ1) is 68.8. The van der Waals surface area contributed by atoms with Crippen LogP contribution in [-0.2, 0) is 47.9 Å². The maximum Gasteiger partial charge on any atom is 0.331 e. The van der Waals surface area contributed by atoms with E-state index in [9.17, 15) is 53.4 Å². The molecule has 0 aromatic rings. The Kier molecular flexibility index (Phi) is 30.1. The molecule has 0 aliphatic heterocycles. The highest BCUT2D eigenvalue weighted by Gasteiger charge is 2.44. The summed E-state index contributed by atoms with van der Waals surface area (Å²) in [6.45, 7) is 26.1. The van der Waals surface area contributed by atoms with Crippen LogP contribution >= 0.6 is 0 Å². The number of aliphatic hydroxyl groups is 2. The number of aliphatic hydroxyl groups excluding tert-OH is 2. The molecule has 0 aromatic heterocycles. The van der Waals surface area contributed by atoms with Gasteiger partial charge in [-0.3, -0.25) is 38.4 Å². The summed E-state index contributed by atoms with van der Waals surface area (Å²) in [5.41, 5.74) is 6.17. The first-order valence-electron chi connectivity index (χ1n) is 26.2. The van der Waals surface area contributed by atoms with Crippen molar-refractivity contribution in [2.75, 3.05) is 35.3 Å². The van der Waals surface area contributed by atoms with Gasteiger partial charge >= 0.3 is 5.97 Å². The number of likely N-dealkylation sites (N-methyl/N-ethyl adjacent to an activating group) is 4. The molecule has 8 amide bonds. The third-order valence-electron chi connectivity index (χ3n) is 13.0. The van der Waals surface area contributed by atoms with Gasteiger partial charge in [0.05, 0.1) is 25.4 Å². The Labute approximate surface area is 442 Å². The molecule has 0 aliphatic rings. The third kappa shape index (κ3) is 21.2. The van der Waals surface area contributed by atoms with Gasteiger partial charge in [0.15, 0.2) is 6.04 Å². The molecule has 0 saturated heterocycles. The van der Waals surface area contributed by atoms with Crippen molar-refractivity contribution in [2.45, 2.75) is 203 Å². The summed E-state index contributed by atoms with van der Waals surface area (Å²) in [7, 11) is 6.72. The number of esters is 1. The molecule has 0 rings (SSSR count). The van der Waals surface area contributed by atoms with E-state index >= 15 is 0 Å². The molecule has 8 N–H and O–H groups in total. The van der Waals surface area contributed by atoms with E-state index in [-0.39, 0.29) is 36.5 Å². The molecule has 74 heavy (non-hydrogen) atoms. The highest BCUT2D eigenvalue weighted by Crippen LogP contribution is 2.23. The van der Waals surface area contributed by atoms with Gasteiger partial charge < -0.3 is 61.6 Å². The number of ether oxygens (including phenoxy) is 1. The van der Waals surface area contributed by atoms with Crippen LogP contribution in [0.25, 0.3) is 0 Å². The first-order chi connectivity index (χ1) is 34.1. The van der Waals surface area contributed by atoms with Crippen molar-refractivity contribution >= 4 is 53.2 Å². The Morgan fingerprint density at radius 3 is 1.41 bits per heavy atom. The van der Waals surface area contributed by atoms with E-state index in [0.29, 0.717) is 19.3 Å². The molecule has 0 aromatic carbocycles. The van der Waals surface area contributed by atoms with Crippen molar-refractivity contribution in [3.63, 3.8) is 0 Å². The van der Waals surface area contributed by atoms with E-state index in [4.69, 9.17) is 10.5 Å². The van der Waals surface area contributed by atoms with Crippen molar-refractivity contribution < 1.29 is 58.1 Å². The number of amides is 8. The van der Waals surface area contributed by atoms with Gasteiger partial charge in [0.2, 0.25) is 47.3 Å². The lowest BCUT2D eigenvalue weighted by Gasteiger charge is -2.40. The zero-order chi connectivity index (χ0) is 57.8. The molecule has 21 nitrogen and oxygen atoms in total. The van der Waals surface area contributed by atoms with E-state index in [2.05, 4.69) is 21.3 Å². The number of carbonyl (C=O) groups excluding carboxylic acids is 9.